The van der Waals surface area contributed by atoms with Crippen LogP contribution in [0.1, 0.15) is 51.7 Å². The van der Waals surface area contributed by atoms with E-state index in [-0.39, 0.29) is 0 Å². The molecule has 1 aliphatic heterocycles. The molecule has 1 aromatic heterocycles. The van der Waals surface area contributed by atoms with E-state index in [0.717, 1.165) is 29.1 Å². The Hall–Kier alpha value is -1.86. The van der Waals surface area contributed by atoms with E-state index in [4.69, 9.17) is 4.42 Å². The monoisotopic (exact) mass is 307 g/mol. The van der Waals surface area contributed by atoms with Gasteiger partial charge in [-0.3, -0.25) is 0 Å². The molecule has 0 amide bonds. The lowest BCUT2D eigenvalue weighted by Gasteiger charge is -2.34. The highest BCUT2D eigenvalue weighted by molar-refractivity contribution is 6.05. The van der Waals surface area contributed by atoms with E-state index in [2.05, 4.69) is 5.16 Å². The van der Waals surface area contributed by atoms with Gasteiger partial charge in [0.1, 0.15) is 11.3 Å². The molecule has 2 aliphatic rings. The summed E-state index contributed by atoms with van der Waals surface area (Å²) < 4.78 is 6.16. The summed E-state index contributed by atoms with van der Waals surface area (Å²) in [4.78, 5) is 0. The number of oxime groups is 1. The maximum Gasteiger partial charge on any atom is 0.294 e. The van der Waals surface area contributed by atoms with Crippen molar-refractivity contribution in [1.82, 2.24) is 5.06 Å². The van der Waals surface area contributed by atoms with E-state index in [0.29, 0.717) is 30.0 Å². The molecule has 1 saturated carbocycles. The Labute approximate surface area is 128 Å². The first-order chi connectivity index (χ1) is 10.5. The molecule has 7 heteroatoms. The van der Waals surface area contributed by atoms with Gasteiger partial charge in [0.05, 0.1) is 6.26 Å². The quantitative estimate of drug-likeness (QED) is 0.360. The molecule has 120 valence electrons. The van der Waals surface area contributed by atoms with Crippen molar-refractivity contribution >= 4 is 11.4 Å². The van der Waals surface area contributed by atoms with Crippen molar-refractivity contribution in [3.05, 3.63) is 29.4 Å². The van der Waals surface area contributed by atoms with Crippen LogP contribution in [0, 0.1) is 5.21 Å². The molecular formula is C15H21N3O4. The Morgan fingerprint density at radius 1 is 1.36 bits per heavy atom. The van der Waals surface area contributed by atoms with Crippen LogP contribution in [0.5, 0.6) is 0 Å². The second-order valence-electron chi connectivity index (χ2n) is 6.42. The molecule has 1 atom stereocenters. The highest BCUT2D eigenvalue weighted by atomic mass is 16.6. The molecular weight excluding hydrogens is 286 g/mol. The van der Waals surface area contributed by atoms with Crippen LogP contribution in [0.3, 0.4) is 0 Å². The van der Waals surface area contributed by atoms with Crippen molar-refractivity contribution in [3.63, 3.8) is 0 Å². The molecule has 22 heavy (non-hydrogen) atoms. The summed E-state index contributed by atoms with van der Waals surface area (Å²) in [5.41, 5.74) is -1.68. The average Bonchev–Trinajstić information content (AvgIpc) is 2.96. The van der Waals surface area contributed by atoms with Crippen LogP contribution >= 0.6 is 0 Å². The highest BCUT2D eigenvalue weighted by Crippen LogP contribution is 2.41. The SMILES string of the molecule is CC1(C)C(c2ccco2)=[N+]([O-])C2(CCCCCC2=NO)N1O. The van der Waals surface area contributed by atoms with Gasteiger partial charge in [-0.2, -0.15) is 4.74 Å². The third-order valence-corrected chi connectivity index (χ3v) is 4.77. The van der Waals surface area contributed by atoms with Gasteiger partial charge in [-0.25, -0.2) is 0 Å². The number of hydrogen-bond acceptors (Lipinski definition) is 6. The Balaban J connectivity index is 2.23. The fourth-order valence-electron chi connectivity index (χ4n) is 3.66. The highest BCUT2D eigenvalue weighted by Gasteiger charge is 2.65. The first kappa shape index (κ1) is 15.1. The van der Waals surface area contributed by atoms with Gasteiger partial charge in [0, 0.05) is 6.42 Å². The van der Waals surface area contributed by atoms with Crippen LogP contribution < -0.4 is 0 Å². The summed E-state index contributed by atoms with van der Waals surface area (Å²) in [6.45, 7) is 3.51. The van der Waals surface area contributed by atoms with Gasteiger partial charge in [0.25, 0.3) is 11.4 Å². The summed E-state index contributed by atoms with van der Waals surface area (Å²) in [6, 6.07) is 3.40. The van der Waals surface area contributed by atoms with Gasteiger partial charge in [0.2, 0.25) is 0 Å². The van der Waals surface area contributed by atoms with Crippen molar-refractivity contribution in [2.75, 3.05) is 0 Å². The van der Waals surface area contributed by atoms with Gasteiger partial charge >= 0.3 is 0 Å². The fourth-order valence-corrected chi connectivity index (χ4v) is 3.66. The minimum atomic E-state index is -1.36. The minimum absolute atomic E-state index is 0.303. The smallest absolute Gasteiger partial charge is 0.294 e. The number of hydrogen-bond donors (Lipinski definition) is 2. The molecule has 1 aliphatic carbocycles. The van der Waals surface area contributed by atoms with Crippen molar-refractivity contribution < 1.29 is 19.6 Å². The predicted octanol–water partition coefficient (Wildman–Crippen LogP) is 2.55. The van der Waals surface area contributed by atoms with Crippen molar-refractivity contribution in [1.29, 1.82) is 0 Å². The lowest BCUT2D eigenvalue weighted by molar-refractivity contribution is -0.567. The second kappa shape index (κ2) is 5.10. The zero-order chi connectivity index (χ0) is 16.0. The van der Waals surface area contributed by atoms with Crippen LogP contribution in [0.25, 0.3) is 0 Å². The maximum atomic E-state index is 13.2. The topological polar surface area (TPSA) is 95.3 Å². The number of rotatable bonds is 1. The Bertz CT molecular complexity index is 621. The largest absolute Gasteiger partial charge is 0.622 e. The molecule has 2 heterocycles. The number of nitrogens with zero attached hydrogens (tertiary/aromatic N) is 3. The molecule has 3 rings (SSSR count). The first-order valence-electron chi connectivity index (χ1n) is 7.55. The van der Waals surface area contributed by atoms with Gasteiger partial charge in [-0.15, -0.1) is 5.06 Å². The third kappa shape index (κ3) is 1.82. The summed E-state index contributed by atoms with van der Waals surface area (Å²) >= 11 is 0. The summed E-state index contributed by atoms with van der Waals surface area (Å²) in [5, 5.41) is 37.8. The first-order valence-corrected chi connectivity index (χ1v) is 7.55. The molecule has 1 unspecified atom stereocenters. The van der Waals surface area contributed by atoms with Gasteiger partial charge in [0.15, 0.2) is 5.76 Å². The number of furan rings is 1. The van der Waals surface area contributed by atoms with Crippen molar-refractivity contribution in [2.24, 2.45) is 5.16 Å². The lowest BCUT2D eigenvalue weighted by atomic mass is 9.94. The minimum Gasteiger partial charge on any atom is -0.622 e. The predicted molar refractivity (Wildman–Crippen MR) is 79.2 cm³/mol. The molecule has 7 nitrogen and oxygen atoms in total. The van der Waals surface area contributed by atoms with Crippen LogP contribution in [0.15, 0.2) is 28.0 Å². The number of hydroxylamine groups is 3. The van der Waals surface area contributed by atoms with Crippen LogP contribution in [0.4, 0.5) is 0 Å². The standard InChI is InChI=1S/C15H21N3O4/c1-14(2)13(11-7-6-10-22-11)17(20)15(18(14)21)9-5-3-4-8-12(15)16-19/h6-7,10,19,21H,3-5,8-9H2,1-2H3. The van der Waals surface area contributed by atoms with Crippen LogP contribution in [0.2, 0.25) is 0 Å². The Morgan fingerprint density at radius 3 is 2.77 bits per heavy atom. The van der Waals surface area contributed by atoms with E-state index in [9.17, 15) is 15.6 Å². The van der Waals surface area contributed by atoms with Crippen molar-refractivity contribution in [2.45, 2.75) is 57.2 Å². The van der Waals surface area contributed by atoms with Gasteiger partial charge in [-0.05, 0) is 45.2 Å². The van der Waals surface area contributed by atoms with E-state index in [1.807, 2.05) is 0 Å². The van der Waals surface area contributed by atoms with E-state index < -0.39 is 11.2 Å². The second-order valence-corrected chi connectivity index (χ2v) is 6.42. The average molecular weight is 307 g/mol. The zero-order valence-electron chi connectivity index (χ0n) is 12.8. The maximum absolute atomic E-state index is 13.2. The van der Waals surface area contributed by atoms with Crippen molar-refractivity contribution in [3.8, 4) is 0 Å². The lowest BCUT2D eigenvalue weighted by Crippen LogP contribution is -2.59. The zero-order valence-corrected chi connectivity index (χ0v) is 12.8. The summed E-state index contributed by atoms with van der Waals surface area (Å²) in [6.07, 6.45) is 4.91. The van der Waals surface area contributed by atoms with Gasteiger partial charge in [-0.1, -0.05) is 11.6 Å². The van der Waals surface area contributed by atoms with E-state index in [1.165, 1.54) is 6.26 Å². The summed E-state index contributed by atoms with van der Waals surface area (Å²) in [5.74, 6) is 0.414. The molecule has 0 radical (unpaired) electrons. The van der Waals surface area contributed by atoms with E-state index >= 15 is 0 Å². The Kier molecular flexibility index (Phi) is 3.49. The molecule has 0 saturated heterocycles. The van der Waals surface area contributed by atoms with Gasteiger partial charge < -0.3 is 20.0 Å². The molecule has 1 fully saturated rings. The van der Waals surface area contributed by atoms with Crippen LogP contribution in [-0.2, 0) is 0 Å². The normalized spacial score (nSPS) is 31.1. The molecule has 1 spiro atoms. The molecule has 0 bridgehead atoms. The van der Waals surface area contributed by atoms with Crippen LogP contribution in [-0.4, -0.2) is 42.8 Å². The fraction of sp³-hybridized carbons (Fsp3) is 0.600. The summed E-state index contributed by atoms with van der Waals surface area (Å²) in [7, 11) is 0. The molecule has 2 N–H and O–H groups in total. The van der Waals surface area contributed by atoms with E-state index in [1.54, 1.807) is 26.0 Å². The molecule has 1 aromatic rings. The Morgan fingerprint density at radius 2 is 2.14 bits per heavy atom. The third-order valence-electron chi connectivity index (χ3n) is 4.77. The molecule has 0 aromatic carbocycles.